The van der Waals surface area contributed by atoms with Crippen LogP contribution in [0.3, 0.4) is 0 Å². The number of hydrogen-bond acceptors (Lipinski definition) is 1. The largest absolute Gasteiger partial charge is 0.299 e. The fourth-order valence-electron chi connectivity index (χ4n) is 2.38. The summed E-state index contributed by atoms with van der Waals surface area (Å²) in [7, 11) is 0. The third kappa shape index (κ3) is 3.78. The molecule has 1 aromatic rings. The highest BCUT2D eigenvalue weighted by atomic mass is 79.9. The Balaban J connectivity index is 1.97. The maximum absolute atomic E-state index is 13.1. The molecule has 0 saturated carbocycles. The molecule has 1 aliphatic rings. The average molecular weight is 300 g/mol. The van der Waals surface area contributed by atoms with Crippen LogP contribution in [0, 0.1) is 11.7 Å². The highest BCUT2D eigenvalue weighted by Crippen LogP contribution is 2.21. The van der Waals surface area contributed by atoms with Gasteiger partial charge in [0.15, 0.2) is 0 Å². The van der Waals surface area contributed by atoms with Gasteiger partial charge in [-0.2, -0.15) is 0 Å². The van der Waals surface area contributed by atoms with Crippen molar-refractivity contribution < 1.29 is 4.39 Å². The topological polar surface area (TPSA) is 3.24 Å². The molecule has 1 saturated heterocycles. The maximum atomic E-state index is 13.1. The smallest absolute Gasteiger partial charge is 0.137 e. The van der Waals surface area contributed by atoms with Gasteiger partial charge in [-0.05, 0) is 71.9 Å². The van der Waals surface area contributed by atoms with Crippen molar-refractivity contribution >= 4 is 15.9 Å². The van der Waals surface area contributed by atoms with E-state index in [2.05, 4.69) is 27.8 Å². The molecule has 1 atom stereocenters. The molecule has 0 bridgehead atoms. The summed E-state index contributed by atoms with van der Waals surface area (Å²) >= 11 is 3.24. The second-order valence-corrected chi connectivity index (χ2v) is 5.92. The summed E-state index contributed by atoms with van der Waals surface area (Å²) in [5.41, 5.74) is 1.19. The van der Waals surface area contributed by atoms with Crippen LogP contribution in [0.1, 0.15) is 31.7 Å². The van der Waals surface area contributed by atoms with Crippen molar-refractivity contribution in [3.8, 4) is 0 Å². The zero-order valence-electron chi connectivity index (χ0n) is 10.3. The Morgan fingerprint density at radius 1 is 1.35 bits per heavy atom. The molecule has 3 heteroatoms. The number of likely N-dealkylation sites (tertiary alicyclic amines) is 1. The molecular formula is C14H19BrFN. The summed E-state index contributed by atoms with van der Waals surface area (Å²) in [6, 6.07) is 5.32. The van der Waals surface area contributed by atoms with Crippen molar-refractivity contribution in [2.75, 3.05) is 13.1 Å². The lowest BCUT2D eigenvalue weighted by Crippen LogP contribution is -2.24. The first-order valence-corrected chi connectivity index (χ1v) is 7.11. The molecule has 1 aliphatic heterocycles. The predicted molar refractivity (Wildman–Crippen MR) is 72.4 cm³/mol. The summed E-state index contributed by atoms with van der Waals surface area (Å²) in [5, 5.41) is 0. The monoisotopic (exact) mass is 299 g/mol. The molecule has 1 nitrogen and oxygen atoms in total. The van der Waals surface area contributed by atoms with Crippen LogP contribution in [0.15, 0.2) is 22.7 Å². The number of hydrogen-bond donors (Lipinski definition) is 0. The van der Waals surface area contributed by atoms with Crippen molar-refractivity contribution in [1.29, 1.82) is 0 Å². The Kier molecular flexibility index (Phi) is 4.57. The van der Waals surface area contributed by atoms with Gasteiger partial charge in [0.25, 0.3) is 0 Å². The Hall–Kier alpha value is -0.410. The van der Waals surface area contributed by atoms with Gasteiger partial charge in [0.2, 0.25) is 0 Å². The molecule has 1 aromatic carbocycles. The van der Waals surface area contributed by atoms with Crippen molar-refractivity contribution in [3.63, 3.8) is 0 Å². The van der Waals surface area contributed by atoms with Crippen molar-refractivity contribution in [2.24, 2.45) is 5.92 Å². The van der Waals surface area contributed by atoms with E-state index < -0.39 is 0 Å². The van der Waals surface area contributed by atoms with E-state index in [0.717, 1.165) is 19.0 Å². The van der Waals surface area contributed by atoms with Crippen LogP contribution >= 0.6 is 15.9 Å². The van der Waals surface area contributed by atoms with E-state index in [9.17, 15) is 4.39 Å². The molecule has 0 radical (unpaired) electrons. The summed E-state index contributed by atoms with van der Waals surface area (Å²) in [5.74, 6) is 0.665. The van der Waals surface area contributed by atoms with E-state index in [1.165, 1.54) is 31.4 Å². The van der Waals surface area contributed by atoms with E-state index >= 15 is 0 Å². The third-order valence-electron chi connectivity index (χ3n) is 3.50. The molecule has 0 amide bonds. The van der Waals surface area contributed by atoms with Gasteiger partial charge in [0.05, 0.1) is 4.47 Å². The summed E-state index contributed by atoms with van der Waals surface area (Å²) in [6.07, 6.45) is 3.90. The minimum Gasteiger partial charge on any atom is -0.299 e. The number of halogens is 2. The second kappa shape index (κ2) is 5.96. The van der Waals surface area contributed by atoms with Gasteiger partial charge in [-0.1, -0.05) is 13.0 Å². The molecule has 0 aliphatic carbocycles. The first-order valence-electron chi connectivity index (χ1n) is 6.31. The molecule has 1 unspecified atom stereocenters. The number of nitrogens with zero attached hydrogens (tertiary/aromatic N) is 1. The summed E-state index contributed by atoms with van der Waals surface area (Å²) in [4.78, 5) is 2.48. The van der Waals surface area contributed by atoms with Gasteiger partial charge in [-0.25, -0.2) is 4.39 Å². The first-order chi connectivity index (χ1) is 8.15. The van der Waals surface area contributed by atoms with E-state index in [4.69, 9.17) is 0 Å². The summed E-state index contributed by atoms with van der Waals surface area (Å²) in [6.45, 7) is 5.60. The van der Waals surface area contributed by atoms with E-state index in [1.54, 1.807) is 6.07 Å². The zero-order chi connectivity index (χ0) is 12.3. The fourth-order valence-corrected chi connectivity index (χ4v) is 2.80. The standard InChI is InChI=1S/C14H19BrFN/c1-11-3-2-7-17(8-6-11)10-12-4-5-14(16)13(15)9-12/h4-5,9,11H,2-3,6-8,10H2,1H3. The van der Waals surface area contributed by atoms with Crippen LogP contribution < -0.4 is 0 Å². The van der Waals surface area contributed by atoms with E-state index in [0.29, 0.717) is 4.47 Å². The molecule has 0 aromatic heterocycles. The van der Waals surface area contributed by atoms with Crippen LogP contribution in [0.2, 0.25) is 0 Å². The highest BCUT2D eigenvalue weighted by molar-refractivity contribution is 9.10. The van der Waals surface area contributed by atoms with Crippen LogP contribution in [-0.4, -0.2) is 18.0 Å². The van der Waals surface area contributed by atoms with Crippen molar-refractivity contribution in [3.05, 3.63) is 34.1 Å². The SMILES string of the molecule is CC1CCCN(Cc2ccc(F)c(Br)c2)CC1. The zero-order valence-corrected chi connectivity index (χ0v) is 11.8. The molecule has 1 fully saturated rings. The Morgan fingerprint density at radius 3 is 2.94 bits per heavy atom. The fraction of sp³-hybridized carbons (Fsp3) is 0.571. The highest BCUT2D eigenvalue weighted by Gasteiger charge is 2.14. The van der Waals surface area contributed by atoms with Gasteiger partial charge in [0, 0.05) is 6.54 Å². The van der Waals surface area contributed by atoms with Crippen molar-refractivity contribution in [2.45, 2.75) is 32.7 Å². The molecule has 17 heavy (non-hydrogen) atoms. The van der Waals surface area contributed by atoms with Crippen LogP contribution in [0.4, 0.5) is 4.39 Å². The molecule has 0 N–H and O–H groups in total. The van der Waals surface area contributed by atoms with Gasteiger partial charge in [0.1, 0.15) is 5.82 Å². The average Bonchev–Trinajstić information content (AvgIpc) is 2.49. The molecule has 94 valence electrons. The third-order valence-corrected chi connectivity index (χ3v) is 4.11. The predicted octanol–water partition coefficient (Wildman–Crippen LogP) is 4.21. The lowest BCUT2D eigenvalue weighted by molar-refractivity contribution is 0.273. The van der Waals surface area contributed by atoms with E-state index in [-0.39, 0.29) is 5.82 Å². The van der Waals surface area contributed by atoms with Gasteiger partial charge in [-0.3, -0.25) is 4.90 Å². The van der Waals surface area contributed by atoms with Gasteiger partial charge in [-0.15, -0.1) is 0 Å². The summed E-state index contributed by atoms with van der Waals surface area (Å²) < 4.78 is 13.7. The Bertz CT molecular complexity index is 380. The normalized spacial score (nSPS) is 22.4. The number of rotatable bonds is 2. The Morgan fingerprint density at radius 2 is 2.18 bits per heavy atom. The number of benzene rings is 1. The first kappa shape index (κ1) is 13.0. The molecule has 0 spiro atoms. The Labute approximate surface area is 111 Å². The minimum absolute atomic E-state index is 0.182. The van der Waals surface area contributed by atoms with Crippen LogP contribution in [0.5, 0.6) is 0 Å². The van der Waals surface area contributed by atoms with Crippen LogP contribution in [-0.2, 0) is 6.54 Å². The van der Waals surface area contributed by atoms with E-state index in [1.807, 2.05) is 12.1 Å². The second-order valence-electron chi connectivity index (χ2n) is 5.06. The lowest BCUT2D eigenvalue weighted by atomic mass is 10.0. The molecule has 1 heterocycles. The van der Waals surface area contributed by atoms with Gasteiger partial charge >= 0.3 is 0 Å². The van der Waals surface area contributed by atoms with Crippen LogP contribution in [0.25, 0.3) is 0 Å². The van der Waals surface area contributed by atoms with Crippen molar-refractivity contribution in [1.82, 2.24) is 4.90 Å². The maximum Gasteiger partial charge on any atom is 0.137 e. The molecular weight excluding hydrogens is 281 g/mol. The minimum atomic E-state index is -0.182. The quantitative estimate of drug-likeness (QED) is 0.791. The lowest BCUT2D eigenvalue weighted by Gasteiger charge is -2.20. The van der Waals surface area contributed by atoms with Gasteiger partial charge < -0.3 is 0 Å². The molecule has 2 rings (SSSR count).